The number of quaternary nitrogens is 1. The number of likely N-dealkylation sites (N-methyl/N-ethyl adjacent to an activating group) is 1. The first kappa shape index (κ1) is 62.5. The summed E-state index contributed by atoms with van der Waals surface area (Å²) in [6, 6.07) is -0.897. The molecule has 376 valence electrons. The molecule has 0 aromatic heterocycles. The first-order chi connectivity index (χ1) is 31.0. The number of nitrogens with zero attached hydrogens (tertiary/aromatic N) is 1. The highest BCUT2D eigenvalue weighted by Crippen LogP contribution is 2.38. The van der Waals surface area contributed by atoms with E-state index < -0.39 is 20.0 Å². The molecule has 0 fully saturated rings. The fourth-order valence-corrected chi connectivity index (χ4v) is 8.54. The van der Waals surface area contributed by atoms with Gasteiger partial charge in [0.1, 0.15) is 13.2 Å². The zero-order valence-electron chi connectivity index (χ0n) is 42.7. The van der Waals surface area contributed by atoms with E-state index in [0.29, 0.717) is 17.4 Å². The van der Waals surface area contributed by atoms with Crippen LogP contribution in [0.2, 0.25) is 0 Å². The lowest BCUT2D eigenvalue weighted by molar-refractivity contribution is -0.870. The van der Waals surface area contributed by atoms with Crippen molar-refractivity contribution in [3.05, 3.63) is 48.6 Å². The Balaban J connectivity index is 4.20. The number of carbonyl (C=O) groups is 1. The third kappa shape index (κ3) is 48.4. The second kappa shape index (κ2) is 46.6. The van der Waals surface area contributed by atoms with Crippen LogP contribution in [0.4, 0.5) is 0 Å². The van der Waals surface area contributed by atoms with Gasteiger partial charge < -0.3 is 28.8 Å². The molecule has 9 heteroatoms. The molecule has 8 nitrogen and oxygen atoms in total. The molecule has 0 heterocycles. The number of unbranched alkanes of at least 4 members (excludes halogenated alkanes) is 30. The summed E-state index contributed by atoms with van der Waals surface area (Å²) in [6.07, 6.45) is 60.4. The minimum Gasteiger partial charge on any atom is -0.756 e. The Kier molecular flexibility index (Phi) is 45.4. The van der Waals surface area contributed by atoms with Gasteiger partial charge in [-0.25, -0.2) is 0 Å². The summed E-state index contributed by atoms with van der Waals surface area (Å²) in [5, 5.41) is 13.8. The minimum atomic E-state index is -4.60. The van der Waals surface area contributed by atoms with E-state index in [1.165, 1.54) is 148 Å². The molecule has 1 amide bonds. The van der Waals surface area contributed by atoms with Crippen molar-refractivity contribution in [2.24, 2.45) is 0 Å². The van der Waals surface area contributed by atoms with Gasteiger partial charge in [-0.2, -0.15) is 0 Å². The van der Waals surface area contributed by atoms with Gasteiger partial charge >= 0.3 is 0 Å². The van der Waals surface area contributed by atoms with Crippen LogP contribution >= 0.6 is 7.82 Å². The van der Waals surface area contributed by atoms with Gasteiger partial charge in [-0.05, 0) is 51.4 Å². The minimum absolute atomic E-state index is 0.00575. The molecule has 3 atom stereocenters. The van der Waals surface area contributed by atoms with Crippen LogP contribution in [0.5, 0.6) is 0 Å². The summed E-state index contributed by atoms with van der Waals surface area (Å²) in [4.78, 5) is 25.4. The van der Waals surface area contributed by atoms with E-state index in [-0.39, 0.29) is 19.1 Å². The van der Waals surface area contributed by atoms with Crippen molar-refractivity contribution in [3.63, 3.8) is 0 Å². The number of rotatable bonds is 49. The van der Waals surface area contributed by atoms with E-state index in [0.717, 1.165) is 77.0 Å². The molecule has 0 saturated heterocycles. The second-order valence-electron chi connectivity index (χ2n) is 19.6. The molecule has 2 N–H and O–H groups in total. The Morgan fingerprint density at radius 2 is 0.953 bits per heavy atom. The molecule has 0 saturated carbocycles. The van der Waals surface area contributed by atoms with Crippen LogP contribution < -0.4 is 10.2 Å². The monoisotopic (exact) mass is 921 g/mol. The molecule has 3 unspecified atom stereocenters. The fraction of sp³-hybridized carbons (Fsp3) is 0.836. The highest BCUT2D eigenvalue weighted by molar-refractivity contribution is 7.45. The Labute approximate surface area is 397 Å². The van der Waals surface area contributed by atoms with Crippen LogP contribution in [0.1, 0.15) is 245 Å². The lowest BCUT2D eigenvalue weighted by Crippen LogP contribution is -2.45. The zero-order valence-corrected chi connectivity index (χ0v) is 43.6. The second-order valence-corrected chi connectivity index (χ2v) is 21.0. The third-order valence-corrected chi connectivity index (χ3v) is 13.0. The largest absolute Gasteiger partial charge is 0.756 e. The summed E-state index contributed by atoms with van der Waals surface area (Å²) in [5.74, 6) is -0.214. The average Bonchev–Trinajstić information content (AvgIpc) is 3.25. The average molecular weight is 921 g/mol. The maximum atomic E-state index is 12.9. The number of allylic oxidation sites excluding steroid dienone is 7. The molecule has 0 rings (SSSR count). The van der Waals surface area contributed by atoms with Crippen molar-refractivity contribution in [3.8, 4) is 0 Å². The van der Waals surface area contributed by atoms with E-state index in [4.69, 9.17) is 9.05 Å². The number of amides is 1. The standard InChI is InChI=1S/C55H105N2O6P/c1-6-8-10-12-14-16-18-20-22-23-24-25-26-27-28-29-30-31-32-33-35-36-38-40-42-44-46-48-54(58)53(52-63-64(60,61)62-51-50-57(3,4)5)56-55(59)49-47-45-43-41-39-37-34-21-19-17-15-13-11-9-7-2/h9,11,15,17,21,34,46,48,53-54,58H,6-8,10,12-14,16,18-20,22-33,35-45,47,49-52H2,1-5H3,(H-,56,59,60,61)/b11-9-,17-15-,34-21-,48-46+. The van der Waals surface area contributed by atoms with Crippen molar-refractivity contribution in [2.75, 3.05) is 40.9 Å². The van der Waals surface area contributed by atoms with Gasteiger partial charge in [0.05, 0.1) is 39.9 Å². The van der Waals surface area contributed by atoms with E-state index in [1.807, 2.05) is 27.2 Å². The Morgan fingerprint density at radius 3 is 1.39 bits per heavy atom. The quantitative estimate of drug-likeness (QED) is 0.0272. The predicted molar refractivity (Wildman–Crippen MR) is 274 cm³/mol. The van der Waals surface area contributed by atoms with Gasteiger partial charge in [-0.15, -0.1) is 0 Å². The molecular weight excluding hydrogens is 816 g/mol. The molecule has 0 spiro atoms. The van der Waals surface area contributed by atoms with E-state index in [9.17, 15) is 19.4 Å². The summed E-state index contributed by atoms with van der Waals surface area (Å²) >= 11 is 0. The van der Waals surface area contributed by atoms with Gasteiger partial charge in [-0.3, -0.25) is 9.36 Å². The Bertz CT molecular complexity index is 1180. The van der Waals surface area contributed by atoms with Crippen LogP contribution in [-0.4, -0.2) is 68.5 Å². The first-order valence-corrected chi connectivity index (χ1v) is 28.5. The predicted octanol–water partition coefficient (Wildman–Crippen LogP) is 15.3. The molecule has 0 bridgehead atoms. The maximum absolute atomic E-state index is 12.9. The number of hydrogen-bond donors (Lipinski definition) is 2. The SMILES string of the molecule is CC/C=C\C/C=C\C/C=C\CCCCCCCC(=O)NC(COP(=O)([O-])OCC[N+](C)(C)C)C(O)/C=C/CCCCCCCCCCCCCCCCCCCCCCCCCCC. The number of hydrogen-bond acceptors (Lipinski definition) is 6. The zero-order chi connectivity index (χ0) is 47.1. The maximum Gasteiger partial charge on any atom is 0.268 e. The summed E-state index contributed by atoms with van der Waals surface area (Å²) in [7, 11) is 1.25. The molecule has 64 heavy (non-hydrogen) atoms. The van der Waals surface area contributed by atoms with Gasteiger partial charge in [0.2, 0.25) is 5.91 Å². The number of carbonyl (C=O) groups excluding carboxylic acids is 1. The highest BCUT2D eigenvalue weighted by Gasteiger charge is 2.23. The van der Waals surface area contributed by atoms with Gasteiger partial charge in [0.15, 0.2) is 0 Å². The molecule has 0 aliphatic carbocycles. The van der Waals surface area contributed by atoms with Crippen molar-refractivity contribution in [1.82, 2.24) is 5.32 Å². The van der Waals surface area contributed by atoms with Crippen LogP contribution in [0, 0.1) is 0 Å². The summed E-state index contributed by atoms with van der Waals surface area (Å²) in [5.41, 5.74) is 0. The topological polar surface area (TPSA) is 108 Å². The molecule has 0 radical (unpaired) electrons. The Morgan fingerprint density at radius 1 is 0.562 bits per heavy atom. The number of nitrogens with one attached hydrogen (secondary N) is 1. The first-order valence-electron chi connectivity index (χ1n) is 27.0. The molecule has 0 aliphatic rings. The lowest BCUT2D eigenvalue weighted by atomic mass is 10.0. The number of phosphoric acid groups is 1. The molecule has 0 aliphatic heterocycles. The van der Waals surface area contributed by atoms with Crippen LogP contribution in [0.3, 0.4) is 0 Å². The number of aliphatic hydroxyl groups is 1. The molecular formula is C55H105N2O6P. The summed E-state index contributed by atoms with van der Waals surface area (Å²) < 4.78 is 23.3. The Hall–Kier alpha value is -1.54. The lowest BCUT2D eigenvalue weighted by Gasteiger charge is -2.29. The van der Waals surface area contributed by atoms with Crippen molar-refractivity contribution < 1.29 is 32.9 Å². The van der Waals surface area contributed by atoms with E-state index in [2.05, 4.69) is 55.6 Å². The van der Waals surface area contributed by atoms with E-state index >= 15 is 0 Å². The van der Waals surface area contributed by atoms with Gasteiger partial charge in [0, 0.05) is 6.42 Å². The van der Waals surface area contributed by atoms with Gasteiger partial charge in [-0.1, -0.05) is 236 Å². The van der Waals surface area contributed by atoms with Crippen LogP contribution in [0.25, 0.3) is 0 Å². The summed E-state index contributed by atoms with van der Waals surface area (Å²) in [6.45, 7) is 4.54. The van der Waals surface area contributed by atoms with E-state index in [1.54, 1.807) is 6.08 Å². The highest BCUT2D eigenvalue weighted by atomic mass is 31.2. The van der Waals surface area contributed by atoms with Crippen LogP contribution in [0.15, 0.2) is 48.6 Å². The number of aliphatic hydroxyl groups excluding tert-OH is 1. The third-order valence-electron chi connectivity index (χ3n) is 12.0. The van der Waals surface area contributed by atoms with Gasteiger partial charge in [0.25, 0.3) is 7.82 Å². The van der Waals surface area contributed by atoms with Crippen molar-refractivity contribution >= 4 is 13.7 Å². The van der Waals surface area contributed by atoms with Crippen molar-refractivity contribution in [1.29, 1.82) is 0 Å². The van der Waals surface area contributed by atoms with Crippen LogP contribution in [-0.2, 0) is 18.4 Å². The number of phosphoric ester groups is 1. The normalized spacial score (nSPS) is 14.4. The smallest absolute Gasteiger partial charge is 0.268 e. The molecule has 0 aromatic rings. The molecule has 0 aromatic carbocycles. The fourth-order valence-electron chi connectivity index (χ4n) is 7.82. The van der Waals surface area contributed by atoms with Crippen molar-refractivity contribution in [2.45, 2.75) is 257 Å².